The SMILES string of the molecule is Cc1cc(CN2CCC(N3CCNCC3)C2)cc(C)c1OC(F)F. The first kappa shape index (κ1) is 17.6. The first-order valence-electron chi connectivity index (χ1n) is 8.75. The Morgan fingerprint density at radius 3 is 2.46 bits per heavy atom. The molecule has 0 aromatic heterocycles. The number of benzene rings is 1. The molecule has 1 aromatic carbocycles. The molecular formula is C18H27F2N3O. The van der Waals surface area contributed by atoms with E-state index in [9.17, 15) is 8.78 Å². The van der Waals surface area contributed by atoms with Crippen molar-refractivity contribution in [2.24, 2.45) is 0 Å². The van der Waals surface area contributed by atoms with Crippen LogP contribution < -0.4 is 10.1 Å². The highest BCUT2D eigenvalue weighted by atomic mass is 19.3. The van der Waals surface area contributed by atoms with Crippen LogP contribution in [0.4, 0.5) is 8.78 Å². The lowest BCUT2D eigenvalue weighted by atomic mass is 10.1. The van der Waals surface area contributed by atoms with E-state index in [0.717, 1.165) is 56.9 Å². The van der Waals surface area contributed by atoms with Crippen LogP contribution in [0.2, 0.25) is 0 Å². The number of hydrogen-bond acceptors (Lipinski definition) is 4. The second-order valence-electron chi connectivity index (χ2n) is 6.90. The van der Waals surface area contributed by atoms with Crippen LogP contribution in [-0.4, -0.2) is 61.7 Å². The minimum Gasteiger partial charge on any atom is -0.434 e. The highest BCUT2D eigenvalue weighted by Crippen LogP contribution is 2.28. The van der Waals surface area contributed by atoms with Gasteiger partial charge in [0.1, 0.15) is 5.75 Å². The van der Waals surface area contributed by atoms with Crippen molar-refractivity contribution in [3.05, 3.63) is 28.8 Å². The van der Waals surface area contributed by atoms with Gasteiger partial charge in [-0.25, -0.2) is 0 Å². The lowest BCUT2D eigenvalue weighted by Gasteiger charge is -2.32. The lowest BCUT2D eigenvalue weighted by Crippen LogP contribution is -2.49. The summed E-state index contributed by atoms with van der Waals surface area (Å²) in [5, 5.41) is 3.40. The minimum absolute atomic E-state index is 0.314. The smallest absolute Gasteiger partial charge is 0.387 e. The van der Waals surface area contributed by atoms with Gasteiger partial charge in [0, 0.05) is 51.9 Å². The molecule has 1 aromatic rings. The summed E-state index contributed by atoms with van der Waals surface area (Å²) in [6, 6.07) is 4.60. The summed E-state index contributed by atoms with van der Waals surface area (Å²) in [6.07, 6.45) is 1.21. The molecule has 6 heteroatoms. The van der Waals surface area contributed by atoms with E-state index in [1.165, 1.54) is 12.0 Å². The Bertz CT molecular complexity index is 538. The molecule has 0 amide bonds. The van der Waals surface area contributed by atoms with Crippen molar-refractivity contribution in [1.82, 2.24) is 15.1 Å². The molecule has 3 rings (SSSR count). The Kier molecular flexibility index (Phi) is 5.69. The molecule has 1 unspecified atom stereocenters. The maximum atomic E-state index is 12.5. The number of alkyl halides is 2. The summed E-state index contributed by atoms with van der Waals surface area (Å²) >= 11 is 0. The van der Waals surface area contributed by atoms with Gasteiger partial charge in [-0.2, -0.15) is 8.78 Å². The van der Waals surface area contributed by atoms with E-state index in [2.05, 4.69) is 19.9 Å². The molecule has 2 heterocycles. The van der Waals surface area contributed by atoms with Gasteiger partial charge in [0.05, 0.1) is 0 Å². The topological polar surface area (TPSA) is 27.7 Å². The summed E-state index contributed by atoms with van der Waals surface area (Å²) in [5.41, 5.74) is 2.74. The van der Waals surface area contributed by atoms with Gasteiger partial charge in [0.2, 0.25) is 0 Å². The number of rotatable bonds is 5. The zero-order valence-electron chi connectivity index (χ0n) is 14.5. The Labute approximate surface area is 142 Å². The fourth-order valence-electron chi connectivity index (χ4n) is 3.97. The highest BCUT2D eigenvalue weighted by molar-refractivity contribution is 5.43. The van der Waals surface area contributed by atoms with Crippen molar-refractivity contribution >= 4 is 0 Å². The fourth-order valence-corrected chi connectivity index (χ4v) is 3.97. The normalized spacial score (nSPS) is 23.1. The fraction of sp³-hybridized carbons (Fsp3) is 0.667. The van der Waals surface area contributed by atoms with Crippen LogP contribution in [0.15, 0.2) is 12.1 Å². The van der Waals surface area contributed by atoms with Gasteiger partial charge in [0.15, 0.2) is 0 Å². The molecule has 0 radical (unpaired) electrons. The summed E-state index contributed by atoms with van der Waals surface area (Å²) in [6.45, 7) is 8.40. The van der Waals surface area contributed by atoms with Crippen molar-refractivity contribution in [3.63, 3.8) is 0 Å². The van der Waals surface area contributed by atoms with Crippen LogP contribution >= 0.6 is 0 Å². The Hall–Kier alpha value is -1.24. The van der Waals surface area contributed by atoms with E-state index >= 15 is 0 Å². The molecule has 1 N–H and O–H groups in total. The zero-order chi connectivity index (χ0) is 17.1. The van der Waals surface area contributed by atoms with Gasteiger partial charge in [-0.3, -0.25) is 9.80 Å². The van der Waals surface area contributed by atoms with Gasteiger partial charge in [-0.1, -0.05) is 12.1 Å². The van der Waals surface area contributed by atoms with Gasteiger partial charge in [-0.15, -0.1) is 0 Å². The van der Waals surface area contributed by atoms with Crippen molar-refractivity contribution in [2.45, 2.75) is 39.5 Å². The molecule has 2 aliphatic heterocycles. The number of ether oxygens (including phenoxy) is 1. The van der Waals surface area contributed by atoms with Crippen LogP contribution in [0, 0.1) is 13.8 Å². The number of aryl methyl sites for hydroxylation is 2. The maximum Gasteiger partial charge on any atom is 0.387 e. The number of halogens is 2. The molecule has 4 nitrogen and oxygen atoms in total. The average Bonchev–Trinajstić information content (AvgIpc) is 3.00. The molecule has 0 bridgehead atoms. The standard InChI is InChI=1S/C18H27F2N3O/c1-13-9-15(10-14(2)17(13)24-18(19)20)11-22-6-3-16(12-22)23-7-4-21-5-8-23/h9-10,16,18,21H,3-8,11-12H2,1-2H3. The number of likely N-dealkylation sites (tertiary alicyclic amines) is 1. The predicted octanol–water partition coefficient (Wildman–Crippen LogP) is 2.38. The minimum atomic E-state index is -2.77. The van der Waals surface area contributed by atoms with Gasteiger partial charge in [-0.05, 0) is 37.0 Å². The van der Waals surface area contributed by atoms with E-state index in [1.54, 1.807) is 0 Å². The first-order chi connectivity index (χ1) is 11.5. The third-order valence-electron chi connectivity index (χ3n) is 5.05. The molecule has 0 saturated carbocycles. The van der Waals surface area contributed by atoms with Gasteiger partial charge < -0.3 is 10.1 Å². The van der Waals surface area contributed by atoms with E-state index in [1.807, 2.05) is 26.0 Å². The van der Waals surface area contributed by atoms with E-state index < -0.39 is 6.61 Å². The molecule has 0 aliphatic carbocycles. The van der Waals surface area contributed by atoms with E-state index in [-0.39, 0.29) is 0 Å². The average molecular weight is 339 g/mol. The van der Waals surface area contributed by atoms with E-state index in [4.69, 9.17) is 0 Å². The number of hydrogen-bond donors (Lipinski definition) is 1. The van der Waals surface area contributed by atoms with E-state index in [0.29, 0.717) is 11.8 Å². The summed E-state index contributed by atoms with van der Waals surface area (Å²) in [5.74, 6) is 0.314. The molecule has 0 spiro atoms. The second-order valence-corrected chi connectivity index (χ2v) is 6.90. The summed E-state index contributed by atoms with van der Waals surface area (Å²) < 4.78 is 29.6. The number of nitrogens with one attached hydrogen (secondary N) is 1. The zero-order valence-corrected chi connectivity index (χ0v) is 14.5. The third-order valence-corrected chi connectivity index (χ3v) is 5.05. The molecule has 24 heavy (non-hydrogen) atoms. The second kappa shape index (κ2) is 7.76. The molecule has 134 valence electrons. The highest BCUT2D eigenvalue weighted by Gasteiger charge is 2.28. The van der Waals surface area contributed by atoms with Crippen molar-refractivity contribution in [3.8, 4) is 5.75 Å². The maximum absolute atomic E-state index is 12.5. The molecule has 2 fully saturated rings. The number of piperazine rings is 1. The van der Waals surface area contributed by atoms with Crippen molar-refractivity contribution in [1.29, 1.82) is 0 Å². The number of nitrogens with zero attached hydrogens (tertiary/aromatic N) is 2. The van der Waals surface area contributed by atoms with Crippen molar-refractivity contribution in [2.75, 3.05) is 39.3 Å². The molecule has 1 atom stereocenters. The predicted molar refractivity (Wildman–Crippen MR) is 90.7 cm³/mol. The summed E-state index contributed by atoms with van der Waals surface area (Å²) in [4.78, 5) is 5.06. The first-order valence-corrected chi connectivity index (χ1v) is 8.75. The largest absolute Gasteiger partial charge is 0.434 e. The van der Waals surface area contributed by atoms with Crippen LogP contribution in [0.1, 0.15) is 23.1 Å². The van der Waals surface area contributed by atoms with Crippen molar-refractivity contribution < 1.29 is 13.5 Å². The quantitative estimate of drug-likeness (QED) is 0.891. The summed E-state index contributed by atoms with van der Waals surface area (Å²) in [7, 11) is 0. The van der Waals surface area contributed by atoms with Crippen LogP contribution in [-0.2, 0) is 6.54 Å². The van der Waals surface area contributed by atoms with Crippen LogP contribution in [0.25, 0.3) is 0 Å². The Balaban J connectivity index is 1.60. The van der Waals surface area contributed by atoms with Gasteiger partial charge in [0.25, 0.3) is 0 Å². The van der Waals surface area contributed by atoms with Crippen LogP contribution in [0.3, 0.4) is 0 Å². The van der Waals surface area contributed by atoms with Crippen LogP contribution in [0.5, 0.6) is 5.75 Å². The monoisotopic (exact) mass is 339 g/mol. The van der Waals surface area contributed by atoms with Gasteiger partial charge >= 0.3 is 6.61 Å². The third kappa shape index (κ3) is 4.23. The molecule has 2 aliphatic rings. The lowest BCUT2D eigenvalue weighted by molar-refractivity contribution is -0.0507. The molecule has 2 saturated heterocycles. The Morgan fingerprint density at radius 1 is 1.17 bits per heavy atom. The molecular weight excluding hydrogens is 312 g/mol. The Morgan fingerprint density at radius 2 is 1.83 bits per heavy atom.